The number of carbonyl (C=O) groups excluding carboxylic acids is 1. The van der Waals surface area contributed by atoms with E-state index in [0.717, 1.165) is 33.3 Å². The third kappa shape index (κ3) is 7.23. The lowest BCUT2D eigenvalue weighted by atomic mass is 10.0. The van der Waals surface area contributed by atoms with E-state index in [1.165, 1.54) is 0 Å². The molecule has 0 aromatic carbocycles. The second kappa shape index (κ2) is 10.7. The molecule has 3 aromatic rings. The van der Waals surface area contributed by atoms with Gasteiger partial charge in [0, 0.05) is 41.2 Å². The van der Waals surface area contributed by atoms with E-state index in [9.17, 15) is 4.79 Å². The molecule has 0 spiro atoms. The number of nitrogens with zero attached hydrogens (tertiary/aromatic N) is 3. The van der Waals surface area contributed by atoms with Gasteiger partial charge in [-0.1, -0.05) is 26.8 Å². The molecule has 3 rings (SSSR count). The summed E-state index contributed by atoms with van der Waals surface area (Å²) in [4.78, 5) is 25.8. The fourth-order valence-corrected chi connectivity index (χ4v) is 4.90. The average Bonchev–Trinajstić information content (AvgIpc) is 2.76. The first kappa shape index (κ1) is 28.5. The fraction of sp³-hybridized carbons (Fsp3) is 0.448. The number of ether oxygens (including phenoxy) is 1. The maximum Gasteiger partial charge on any atom is 0.413 e. The Morgan fingerprint density at radius 3 is 2.35 bits per heavy atom. The quantitative estimate of drug-likeness (QED) is 0.251. The molecule has 1 N–H and O–H groups in total. The van der Waals surface area contributed by atoms with Crippen LogP contribution in [0.4, 0.5) is 10.6 Å². The molecule has 3 heterocycles. The van der Waals surface area contributed by atoms with Gasteiger partial charge in [0.25, 0.3) is 0 Å². The van der Waals surface area contributed by atoms with Crippen molar-refractivity contribution in [2.24, 2.45) is 0 Å². The predicted octanol–water partition coefficient (Wildman–Crippen LogP) is 7.99. The zero-order valence-electron chi connectivity index (χ0n) is 23.6. The highest BCUT2D eigenvalue weighted by Crippen LogP contribution is 2.40. The monoisotopic (exact) mass is 520 g/mol. The molecule has 0 saturated carbocycles. The van der Waals surface area contributed by atoms with Crippen molar-refractivity contribution >= 4 is 31.1 Å². The Balaban J connectivity index is 1.85. The first-order valence-electron chi connectivity index (χ1n) is 12.6. The van der Waals surface area contributed by atoms with Crippen LogP contribution in [0.1, 0.15) is 65.3 Å². The third-order valence-electron chi connectivity index (χ3n) is 6.59. The molecule has 0 saturated heterocycles. The summed E-state index contributed by atoms with van der Waals surface area (Å²) < 4.78 is 12.0. The second-order valence-electron chi connectivity index (χ2n) is 11.9. The highest BCUT2D eigenvalue weighted by Gasteiger charge is 2.39. The van der Waals surface area contributed by atoms with Crippen LogP contribution in [0.25, 0.3) is 22.0 Å². The molecule has 1 amide bonds. The van der Waals surface area contributed by atoms with Crippen LogP contribution >= 0.6 is 0 Å². The van der Waals surface area contributed by atoms with Crippen LogP contribution in [0.2, 0.25) is 18.1 Å². The molecule has 3 aromatic heterocycles. The van der Waals surface area contributed by atoms with Crippen LogP contribution < -0.4 is 5.32 Å². The van der Waals surface area contributed by atoms with E-state index < -0.39 is 20.0 Å². The van der Waals surface area contributed by atoms with Gasteiger partial charge in [0.05, 0.1) is 17.3 Å². The van der Waals surface area contributed by atoms with Gasteiger partial charge >= 0.3 is 6.09 Å². The number of hydrogen-bond donors (Lipinski definition) is 1. The Hall–Kier alpha value is -3.10. The summed E-state index contributed by atoms with van der Waals surface area (Å²) in [7, 11) is -1.98. The molecule has 7 nitrogen and oxygen atoms in total. The van der Waals surface area contributed by atoms with Gasteiger partial charge in [-0.2, -0.15) is 0 Å². The van der Waals surface area contributed by atoms with Gasteiger partial charge in [0.2, 0.25) is 0 Å². The first-order chi connectivity index (χ1) is 17.1. The van der Waals surface area contributed by atoms with E-state index in [-0.39, 0.29) is 11.1 Å². The van der Waals surface area contributed by atoms with Crippen molar-refractivity contribution in [3.63, 3.8) is 0 Å². The zero-order valence-corrected chi connectivity index (χ0v) is 24.6. The molecule has 0 aliphatic heterocycles. The Morgan fingerprint density at radius 2 is 1.76 bits per heavy atom. The maximum atomic E-state index is 12.1. The molecular formula is C29H40N4O3Si. The van der Waals surface area contributed by atoms with Crippen LogP contribution in [0, 0.1) is 6.92 Å². The van der Waals surface area contributed by atoms with E-state index in [1.54, 1.807) is 12.3 Å². The van der Waals surface area contributed by atoms with Gasteiger partial charge in [0.1, 0.15) is 11.4 Å². The van der Waals surface area contributed by atoms with Crippen molar-refractivity contribution in [3.05, 3.63) is 60.7 Å². The van der Waals surface area contributed by atoms with Gasteiger partial charge in [-0.15, -0.1) is 6.58 Å². The van der Waals surface area contributed by atoms with Gasteiger partial charge < -0.3 is 9.16 Å². The van der Waals surface area contributed by atoms with Crippen LogP contribution in [0.3, 0.4) is 0 Å². The van der Waals surface area contributed by atoms with E-state index in [4.69, 9.17) is 14.1 Å². The summed E-state index contributed by atoms with van der Waals surface area (Å²) in [6.07, 6.45) is 7.34. The van der Waals surface area contributed by atoms with Crippen molar-refractivity contribution in [2.45, 2.75) is 84.7 Å². The topological polar surface area (TPSA) is 86.2 Å². The van der Waals surface area contributed by atoms with Crippen LogP contribution in [0.15, 0.2) is 49.4 Å². The van der Waals surface area contributed by atoms with E-state index in [2.05, 4.69) is 68.7 Å². The van der Waals surface area contributed by atoms with Crippen LogP contribution in [0.5, 0.6) is 0 Å². The average molecular weight is 521 g/mol. The lowest BCUT2D eigenvalue weighted by Gasteiger charge is -2.39. The number of rotatable bonds is 7. The molecule has 8 heteroatoms. The number of nitrogens with one attached hydrogen (secondary N) is 1. The van der Waals surface area contributed by atoms with E-state index in [0.29, 0.717) is 12.2 Å². The van der Waals surface area contributed by atoms with Crippen LogP contribution in [-0.2, 0) is 9.16 Å². The lowest BCUT2D eigenvalue weighted by molar-refractivity contribution is 0.0635. The van der Waals surface area contributed by atoms with Gasteiger partial charge in [-0.25, -0.2) is 9.78 Å². The SMILES string of the molecule is C=CCC(O[Si](C)(C)C(C)(C)C)c1cc(C)c(-c2cnc3cc(NC(=O)OC(C)(C)C)ncc3c2)cn1. The molecule has 0 aliphatic rings. The molecule has 0 radical (unpaired) electrons. The predicted molar refractivity (Wildman–Crippen MR) is 153 cm³/mol. The fourth-order valence-electron chi connectivity index (χ4n) is 3.62. The number of aromatic nitrogens is 3. The molecule has 37 heavy (non-hydrogen) atoms. The highest BCUT2D eigenvalue weighted by atomic mass is 28.4. The molecule has 0 bridgehead atoms. The molecule has 1 atom stereocenters. The Kier molecular flexibility index (Phi) is 8.24. The highest BCUT2D eigenvalue weighted by molar-refractivity contribution is 6.74. The van der Waals surface area contributed by atoms with Crippen molar-refractivity contribution in [1.29, 1.82) is 0 Å². The number of anilines is 1. The summed E-state index contributed by atoms with van der Waals surface area (Å²) in [5, 5.41) is 3.63. The van der Waals surface area contributed by atoms with E-state index in [1.807, 2.05) is 45.3 Å². The normalized spacial score (nSPS) is 13.3. The smallest absolute Gasteiger partial charge is 0.413 e. The Labute approximate surface area is 221 Å². The van der Waals surface area contributed by atoms with Crippen molar-refractivity contribution in [3.8, 4) is 11.1 Å². The summed E-state index contributed by atoms with van der Waals surface area (Å²) in [6.45, 7) is 22.7. The van der Waals surface area contributed by atoms with Gasteiger partial charge in [-0.3, -0.25) is 15.3 Å². The summed E-state index contributed by atoms with van der Waals surface area (Å²) in [5.41, 5.74) is 4.09. The molecule has 1 unspecified atom stereocenters. The standard InChI is InChI=1S/C29H40N4O3Si/c1-11-12-25(36-37(9,10)29(6,7)8)24-13-19(2)22(18-31-24)20-14-21-17-32-26(15-23(21)30-16-20)33-27(34)35-28(3,4)5/h11,13-18,25H,1,12H2,2-10H3,(H,32,33,34). The zero-order chi connectivity index (χ0) is 27.6. The Bertz CT molecular complexity index is 1290. The molecule has 0 fully saturated rings. The van der Waals surface area contributed by atoms with Crippen molar-refractivity contribution in [2.75, 3.05) is 5.32 Å². The first-order valence-corrected chi connectivity index (χ1v) is 15.5. The molecular weight excluding hydrogens is 480 g/mol. The van der Waals surface area contributed by atoms with Gasteiger partial charge in [-0.05, 0) is 69.9 Å². The summed E-state index contributed by atoms with van der Waals surface area (Å²) in [5.74, 6) is 0.388. The number of fused-ring (bicyclic) bond motifs is 1. The van der Waals surface area contributed by atoms with E-state index >= 15 is 0 Å². The number of aryl methyl sites for hydroxylation is 1. The minimum absolute atomic E-state index is 0.106. The molecule has 0 aliphatic carbocycles. The Morgan fingerprint density at radius 1 is 1.05 bits per heavy atom. The lowest BCUT2D eigenvalue weighted by Crippen LogP contribution is -2.41. The van der Waals surface area contributed by atoms with Crippen LogP contribution in [-0.4, -0.2) is 35.0 Å². The summed E-state index contributed by atoms with van der Waals surface area (Å²) >= 11 is 0. The minimum atomic E-state index is -1.98. The third-order valence-corrected chi connectivity index (χ3v) is 11.1. The number of hydrogen-bond acceptors (Lipinski definition) is 6. The maximum absolute atomic E-state index is 12.1. The number of amides is 1. The largest absolute Gasteiger partial charge is 0.444 e. The summed E-state index contributed by atoms with van der Waals surface area (Å²) in [6, 6.07) is 5.87. The number of pyridine rings is 3. The minimum Gasteiger partial charge on any atom is -0.444 e. The van der Waals surface area contributed by atoms with Crippen molar-refractivity contribution in [1.82, 2.24) is 15.0 Å². The number of carbonyl (C=O) groups is 1. The van der Waals surface area contributed by atoms with Gasteiger partial charge in [0.15, 0.2) is 8.32 Å². The molecule has 198 valence electrons. The second-order valence-corrected chi connectivity index (χ2v) is 16.7. The van der Waals surface area contributed by atoms with Crippen molar-refractivity contribution < 1.29 is 14.0 Å².